The Morgan fingerprint density at radius 1 is 1.21 bits per heavy atom. The lowest BCUT2D eigenvalue weighted by atomic mass is 10.0. The molecule has 0 saturated heterocycles. The van der Waals surface area contributed by atoms with Crippen LogP contribution in [0, 0.1) is 5.92 Å². The van der Waals surface area contributed by atoms with E-state index in [4.69, 9.17) is 5.73 Å². The molecule has 0 bridgehead atoms. The quantitative estimate of drug-likeness (QED) is 0.803. The highest BCUT2D eigenvalue weighted by Crippen LogP contribution is 2.18. The molecule has 0 heterocycles. The predicted molar refractivity (Wildman–Crippen MR) is 81.0 cm³/mol. The standard InChI is InChI=1S/C15H25N3O/c1-10(2)11(3)18(5)12(4)15(19)17-14-9-7-6-8-13(14)16/h6-12H,16H2,1-5H3,(H,17,19). The number of benzene rings is 1. The number of hydrogen-bond acceptors (Lipinski definition) is 3. The zero-order valence-corrected chi connectivity index (χ0v) is 12.5. The number of nitrogens with zero attached hydrogens (tertiary/aromatic N) is 1. The Hall–Kier alpha value is -1.55. The molecule has 0 saturated carbocycles. The molecular weight excluding hydrogens is 238 g/mol. The molecule has 0 radical (unpaired) electrons. The van der Waals surface area contributed by atoms with Gasteiger partial charge in [0.1, 0.15) is 0 Å². The minimum absolute atomic E-state index is 0.0344. The summed E-state index contributed by atoms with van der Waals surface area (Å²) in [4.78, 5) is 14.3. The maximum atomic E-state index is 12.2. The number of rotatable bonds is 5. The first-order chi connectivity index (χ1) is 8.84. The van der Waals surface area contributed by atoms with Crippen molar-refractivity contribution >= 4 is 17.3 Å². The molecule has 1 rings (SSSR count). The Balaban J connectivity index is 2.70. The van der Waals surface area contributed by atoms with Crippen LogP contribution in [-0.2, 0) is 4.79 Å². The number of carbonyl (C=O) groups is 1. The van der Waals surface area contributed by atoms with Gasteiger partial charge in [0, 0.05) is 6.04 Å². The van der Waals surface area contributed by atoms with Crippen molar-refractivity contribution in [2.24, 2.45) is 5.92 Å². The van der Waals surface area contributed by atoms with Crippen molar-refractivity contribution in [3.05, 3.63) is 24.3 Å². The molecule has 1 amide bonds. The first kappa shape index (κ1) is 15.5. The van der Waals surface area contributed by atoms with E-state index in [9.17, 15) is 4.79 Å². The fourth-order valence-corrected chi connectivity index (χ4v) is 1.86. The molecule has 4 nitrogen and oxygen atoms in total. The van der Waals surface area contributed by atoms with E-state index in [1.54, 1.807) is 6.07 Å². The molecule has 2 unspecified atom stereocenters. The van der Waals surface area contributed by atoms with Crippen molar-refractivity contribution in [2.45, 2.75) is 39.8 Å². The molecular formula is C15H25N3O. The summed E-state index contributed by atoms with van der Waals surface area (Å²) in [5.41, 5.74) is 7.08. The van der Waals surface area contributed by atoms with E-state index in [2.05, 4.69) is 31.0 Å². The molecule has 19 heavy (non-hydrogen) atoms. The summed E-state index contributed by atoms with van der Waals surface area (Å²) in [5, 5.41) is 2.88. The number of hydrogen-bond donors (Lipinski definition) is 2. The molecule has 0 aromatic heterocycles. The maximum absolute atomic E-state index is 12.2. The van der Waals surface area contributed by atoms with Crippen molar-refractivity contribution in [1.82, 2.24) is 4.90 Å². The molecule has 0 aliphatic heterocycles. The van der Waals surface area contributed by atoms with Gasteiger partial charge in [-0.05, 0) is 38.9 Å². The molecule has 0 aliphatic carbocycles. The van der Waals surface area contributed by atoms with Gasteiger partial charge in [-0.3, -0.25) is 9.69 Å². The Morgan fingerprint density at radius 3 is 2.32 bits per heavy atom. The molecule has 0 spiro atoms. The molecule has 106 valence electrons. The minimum atomic E-state index is -0.197. The average molecular weight is 263 g/mol. The first-order valence-electron chi connectivity index (χ1n) is 6.72. The normalized spacial score (nSPS) is 14.5. The lowest BCUT2D eigenvalue weighted by Gasteiger charge is -2.32. The molecule has 0 aliphatic rings. The number of nitrogen functional groups attached to an aromatic ring is 1. The summed E-state index contributed by atoms with van der Waals surface area (Å²) < 4.78 is 0. The van der Waals surface area contributed by atoms with Gasteiger partial charge in [-0.25, -0.2) is 0 Å². The summed E-state index contributed by atoms with van der Waals surface area (Å²) in [6.45, 7) is 8.35. The van der Waals surface area contributed by atoms with E-state index >= 15 is 0 Å². The minimum Gasteiger partial charge on any atom is -0.397 e. The van der Waals surface area contributed by atoms with Gasteiger partial charge in [-0.1, -0.05) is 26.0 Å². The Labute approximate surface area is 116 Å². The van der Waals surface area contributed by atoms with Crippen LogP contribution in [0.15, 0.2) is 24.3 Å². The summed E-state index contributed by atoms with van der Waals surface area (Å²) in [7, 11) is 1.98. The molecule has 4 heteroatoms. The van der Waals surface area contributed by atoms with Crippen LogP contribution in [0.4, 0.5) is 11.4 Å². The first-order valence-corrected chi connectivity index (χ1v) is 6.72. The Bertz CT molecular complexity index is 431. The van der Waals surface area contributed by atoms with Crippen molar-refractivity contribution in [1.29, 1.82) is 0 Å². The SMILES string of the molecule is CC(C)C(C)N(C)C(C)C(=O)Nc1ccccc1N. The smallest absolute Gasteiger partial charge is 0.241 e. The molecule has 1 aromatic rings. The van der Waals surface area contributed by atoms with Crippen molar-refractivity contribution in [3.63, 3.8) is 0 Å². The van der Waals surface area contributed by atoms with E-state index in [1.165, 1.54) is 0 Å². The number of amides is 1. The third-order valence-corrected chi connectivity index (χ3v) is 3.82. The van der Waals surface area contributed by atoms with Crippen LogP contribution in [0.25, 0.3) is 0 Å². The van der Waals surface area contributed by atoms with Gasteiger partial charge in [-0.2, -0.15) is 0 Å². The molecule has 0 fully saturated rings. The fraction of sp³-hybridized carbons (Fsp3) is 0.533. The van der Waals surface area contributed by atoms with E-state index in [0.29, 0.717) is 23.3 Å². The number of nitrogens with one attached hydrogen (secondary N) is 1. The largest absolute Gasteiger partial charge is 0.397 e. The monoisotopic (exact) mass is 263 g/mol. The lowest BCUT2D eigenvalue weighted by Crippen LogP contribution is -2.46. The Morgan fingerprint density at radius 2 is 1.79 bits per heavy atom. The summed E-state index contributed by atoms with van der Waals surface area (Å²) >= 11 is 0. The highest BCUT2D eigenvalue weighted by molar-refractivity contribution is 5.97. The second kappa shape index (κ2) is 6.57. The van der Waals surface area contributed by atoms with Crippen molar-refractivity contribution < 1.29 is 4.79 Å². The number of nitrogens with two attached hydrogens (primary N) is 1. The summed E-state index contributed by atoms with van der Waals surface area (Å²) in [6, 6.07) is 7.44. The summed E-state index contributed by atoms with van der Waals surface area (Å²) in [5.74, 6) is 0.468. The summed E-state index contributed by atoms with van der Waals surface area (Å²) in [6.07, 6.45) is 0. The molecule has 2 atom stereocenters. The Kier molecular flexibility index (Phi) is 5.36. The third-order valence-electron chi connectivity index (χ3n) is 3.82. The highest BCUT2D eigenvalue weighted by Gasteiger charge is 2.24. The highest BCUT2D eigenvalue weighted by atomic mass is 16.2. The maximum Gasteiger partial charge on any atom is 0.241 e. The van der Waals surface area contributed by atoms with Gasteiger partial charge >= 0.3 is 0 Å². The number of anilines is 2. The van der Waals surface area contributed by atoms with E-state index in [0.717, 1.165) is 0 Å². The van der Waals surface area contributed by atoms with Gasteiger partial charge in [0.15, 0.2) is 0 Å². The molecule has 1 aromatic carbocycles. The van der Waals surface area contributed by atoms with Gasteiger partial charge in [-0.15, -0.1) is 0 Å². The van der Waals surface area contributed by atoms with Crippen molar-refractivity contribution in [3.8, 4) is 0 Å². The second-order valence-electron chi connectivity index (χ2n) is 5.40. The van der Waals surface area contributed by atoms with Gasteiger partial charge in [0.25, 0.3) is 0 Å². The van der Waals surface area contributed by atoms with E-state index in [1.807, 2.05) is 32.2 Å². The van der Waals surface area contributed by atoms with Crippen LogP contribution in [0.3, 0.4) is 0 Å². The van der Waals surface area contributed by atoms with Crippen LogP contribution < -0.4 is 11.1 Å². The second-order valence-corrected chi connectivity index (χ2v) is 5.40. The van der Waals surface area contributed by atoms with E-state index < -0.39 is 0 Å². The predicted octanol–water partition coefficient (Wildman–Crippen LogP) is 2.57. The van der Waals surface area contributed by atoms with Gasteiger partial charge in [0.05, 0.1) is 17.4 Å². The number of para-hydroxylation sites is 2. The topological polar surface area (TPSA) is 58.4 Å². The zero-order valence-electron chi connectivity index (χ0n) is 12.5. The van der Waals surface area contributed by atoms with Gasteiger partial charge in [0.2, 0.25) is 5.91 Å². The van der Waals surface area contributed by atoms with Crippen LogP contribution in [0.5, 0.6) is 0 Å². The number of carbonyl (C=O) groups excluding carboxylic acids is 1. The third kappa shape index (κ3) is 3.96. The van der Waals surface area contributed by atoms with Crippen LogP contribution >= 0.6 is 0 Å². The van der Waals surface area contributed by atoms with E-state index in [-0.39, 0.29) is 11.9 Å². The van der Waals surface area contributed by atoms with Gasteiger partial charge < -0.3 is 11.1 Å². The van der Waals surface area contributed by atoms with Crippen LogP contribution in [0.2, 0.25) is 0 Å². The number of likely N-dealkylation sites (N-methyl/N-ethyl adjacent to an activating group) is 1. The van der Waals surface area contributed by atoms with Crippen molar-refractivity contribution in [2.75, 3.05) is 18.1 Å². The van der Waals surface area contributed by atoms with Crippen LogP contribution in [0.1, 0.15) is 27.7 Å². The zero-order chi connectivity index (χ0) is 14.6. The molecule has 3 N–H and O–H groups in total. The average Bonchev–Trinajstić information content (AvgIpc) is 2.38. The van der Waals surface area contributed by atoms with Crippen LogP contribution in [-0.4, -0.2) is 29.9 Å². The lowest BCUT2D eigenvalue weighted by molar-refractivity contribution is -0.121. The fourth-order valence-electron chi connectivity index (χ4n) is 1.86.